The molecule has 2 aliphatic heterocycles. The van der Waals surface area contributed by atoms with Gasteiger partial charge in [0.2, 0.25) is 16.9 Å². The second-order valence-corrected chi connectivity index (χ2v) is 8.72. The number of rotatable bonds is 5. The predicted molar refractivity (Wildman–Crippen MR) is 92.6 cm³/mol. The van der Waals surface area contributed by atoms with Crippen molar-refractivity contribution in [2.45, 2.75) is 63.3 Å². The third kappa shape index (κ3) is 2.98. The lowest BCUT2D eigenvalue weighted by Crippen LogP contribution is -2.48. The van der Waals surface area contributed by atoms with E-state index in [9.17, 15) is 9.59 Å². The van der Waals surface area contributed by atoms with Gasteiger partial charge in [0.25, 0.3) is 0 Å². The Labute approximate surface area is 144 Å². The zero-order chi connectivity index (χ0) is 16.6. The zero-order valence-corrected chi connectivity index (χ0v) is 15.3. The first-order valence-corrected chi connectivity index (χ1v) is 9.89. The smallest absolute Gasteiger partial charge is 0.249 e. The molecular formula is C15H22N4O2S2. The maximum absolute atomic E-state index is 12.6. The van der Waals surface area contributed by atoms with Crippen molar-refractivity contribution in [1.82, 2.24) is 15.1 Å². The number of hydrogen-bond acceptors (Lipinski definition) is 6. The fraction of sp³-hybridized carbons (Fsp3) is 0.733. The Morgan fingerprint density at radius 2 is 2.17 bits per heavy atom. The molecule has 0 aliphatic carbocycles. The van der Waals surface area contributed by atoms with Crippen LogP contribution in [0.3, 0.4) is 0 Å². The number of anilines is 1. The van der Waals surface area contributed by atoms with Crippen LogP contribution in [-0.4, -0.2) is 43.6 Å². The lowest BCUT2D eigenvalue weighted by molar-refractivity contribution is -0.135. The topological polar surface area (TPSA) is 75.2 Å². The molecule has 23 heavy (non-hydrogen) atoms. The number of nitrogens with one attached hydrogen (secondary N) is 1. The first kappa shape index (κ1) is 16.7. The minimum absolute atomic E-state index is 0.0765. The second-order valence-electron chi connectivity index (χ2n) is 6.21. The Morgan fingerprint density at radius 1 is 1.43 bits per heavy atom. The van der Waals surface area contributed by atoms with Crippen molar-refractivity contribution < 1.29 is 9.59 Å². The Balaban J connectivity index is 1.69. The summed E-state index contributed by atoms with van der Waals surface area (Å²) in [6.07, 6.45) is 3.38. The molecule has 2 fully saturated rings. The van der Waals surface area contributed by atoms with E-state index in [0.717, 1.165) is 24.3 Å². The van der Waals surface area contributed by atoms with Crippen LogP contribution in [0.2, 0.25) is 0 Å². The summed E-state index contributed by atoms with van der Waals surface area (Å²) in [5, 5.41) is 12.6. The highest BCUT2D eigenvalue weighted by atomic mass is 32.2. The third-order valence-electron chi connectivity index (χ3n) is 4.75. The van der Waals surface area contributed by atoms with Gasteiger partial charge < -0.3 is 4.90 Å². The van der Waals surface area contributed by atoms with Gasteiger partial charge in [0, 0.05) is 18.1 Å². The fourth-order valence-corrected chi connectivity index (χ4v) is 5.74. The van der Waals surface area contributed by atoms with Gasteiger partial charge >= 0.3 is 0 Å². The van der Waals surface area contributed by atoms with E-state index in [2.05, 4.69) is 29.4 Å². The standard InChI is InChI=1S/C15H22N4O2S2/c1-4-9(5-2)13-17-18-14(23-13)16-12(21)10-8-22-15(3)7-6-11(20)19(10)15/h9-10H,4-8H2,1-3H3,(H,16,18,21). The molecule has 2 atom stereocenters. The van der Waals surface area contributed by atoms with Crippen molar-refractivity contribution >= 4 is 40.0 Å². The minimum Gasteiger partial charge on any atom is -0.315 e. The van der Waals surface area contributed by atoms with E-state index in [1.54, 1.807) is 16.7 Å². The summed E-state index contributed by atoms with van der Waals surface area (Å²) < 4.78 is 0. The number of carbonyl (C=O) groups excluding carboxylic acids is 2. The Bertz CT molecular complexity index is 616. The van der Waals surface area contributed by atoms with Gasteiger partial charge in [-0.25, -0.2) is 0 Å². The van der Waals surface area contributed by atoms with E-state index in [1.165, 1.54) is 11.3 Å². The summed E-state index contributed by atoms with van der Waals surface area (Å²) in [7, 11) is 0. The van der Waals surface area contributed by atoms with E-state index in [0.29, 0.717) is 23.2 Å². The van der Waals surface area contributed by atoms with Gasteiger partial charge in [-0.3, -0.25) is 14.9 Å². The Hall–Kier alpha value is -1.15. The largest absolute Gasteiger partial charge is 0.315 e. The molecule has 6 nitrogen and oxygen atoms in total. The summed E-state index contributed by atoms with van der Waals surface area (Å²) in [4.78, 5) is 26.2. The van der Waals surface area contributed by atoms with Gasteiger partial charge in [-0.2, -0.15) is 0 Å². The average molecular weight is 355 g/mol. The van der Waals surface area contributed by atoms with Crippen molar-refractivity contribution in [3.8, 4) is 0 Å². The van der Waals surface area contributed by atoms with Crippen LogP contribution in [0.1, 0.15) is 57.4 Å². The van der Waals surface area contributed by atoms with Gasteiger partial charge in [0.1, 0.15) is 11.0 Å². The molecule has 1 aromatic rings. The van der Waals surface area contributed by atoms with E-state index < -0.39 is 6.04 Å². The van der Waals surface area contributed by atoms with E-state index in [4.69, 9.17) is 0 Å². The lowest BCUT2D eigenvalue weighted by atomic mass is 10.1. The van der Waals surface area contributed by atoms with Crippen LogP contribution in [0.4, 0.5) is 5.13 Å². The summed E-state index contributed by atoms with van der Waals surface area (Å²) >= 11 is 3.13. The number of thioether (sulfide) groups is 1. The van der Waals surface area contributed by atoms with Crippen LogP contribution < -0.4 is 5.32 Å². The first-order valence-electron chi connectivity index (χ1n) is 8.09. The minimum atomic E-state index is -0.402. The van der Waals surface area contributed by atoms with E-state index in [1.807, 2.05) is 6.92 Å². The van der Waals surface area contributed by atoms with Crippen LogP contribution >= 0.6 is 23.1 Å². The predicted octanol–water partition coefficient (Wildman–Crippen LogP) is 2.83. The quantitative estimate of drug-likeness (QED) is 0.880. The molecule has 0 radical (unpaired) electrons. The van der Waals surface area contributed by atoms with Crippen molar-refractivity contribution in [3.63, 3.8) is 0 Å². The number of nitrogens with zero attached hydrogens (tertiary/aromatic N) is 3. The van der Waals surface area contributed by atoms with Crippen LogP contribution in [0.25, 0.3) is 0 Å². The van der Waals surface area contributed by atoms with Crippen LogP contribution in [0.15, 0.2) is 0 Å². The molecule has 2 unspecified atom stereocenters. The number of hydrogen-bond donors (Lipinski definition) is 1. The van der Waals surface area contributed by atoms with Crippen molar-refractivity contribution in [2.75, 3.05) is 11.1 Å². The molecule has 0 bridgehead atoms. The second kappa shape index (κ2) is 6.39. The van der Waals surface area contributed by atoms with Gasteiger partial charge in [-0.05, 0) is 26.2 Å². The van der Waals surface area contributed by atoms with Crippen molar-refractivity contribution in [3.05, 3.63) is 5.01 Å². The molecule has 2 aliphatic rings. The van der Waals surface area contributed by atoms with Gasteiger partial charge in [-0.1, -0.05) is 25.2 Å². The molecule has 0 aromatic carbocycles. The van der Waals surface area contributed by atoms with E-state index in [-0.39, 0.29) is 16.7 Å². The molecule has 3 heterocycles. The zero-order valence-electron chi connectivity index (χ0n) is 13.7. The van der Waals surface area contributed by atoms with Gasteiger partial charge in [0.05, 0.1) is 4.87 Å². The van der Waals surface area contributed by atoms with Crippen molar-refractivity contribution in [1.29, 1.82) is 0 Å². The van der Waals surface area contributed by atoms with Crippen molar-refractivity contribution in [2.24, 2.45) is 0 Å². The Kier molecular flexibility index (Phi) is 4.64. The van der Waals surface area contributed by atoms with E-state index >= 15 is 0 Å². The van der Waals surface area contributed by atoms with Gasteiger partial charge in [0.15, 0.2) is 0 Å². The summed E-state index contributed by atoms with van der Waals surface area (Å²) in [5.74, 6) is 0.965. The monoisotopic (exact) mass is 354 g/mol. The molecule has 0 spiro atoms. The molecule has 2 saturated heterocycles. The molecule has 2 amide bonds. The normalized spacial score (nSPS) is 26.9. The molecule has 1 aromatic heterocycles. The van der Waals surface area contributed by atoms with Crippen LogP contribution in [0, 0.1) is 0 Å². The Morgan fingerprint density at radius 3 is 2.87 bits per heavy atom. The molecule has 1 N–H and O–H groups in total. The fourth-order valence-electron chi connectivity index (χ4n) is 3.29. The summed E-state index contributed by atoms with van der Waals surface area (Å²) in [6, 6.07) is -0.402. The number of carbonyl (C=O) groups is 2. The van der Waals surface area contributed by atoms with Crippen LogP contribution in [-0.2, 0) is 9.59 Å². The first-order chi connectivity index (χ1) is 11.0. The number of aromatic nitrogens is 2. The lowest BCUT2D eigenvalue weighted by Gasteiger charge is -2.29. The average Bonchev–Trinajstić information content (AvgIpc) is 3.18. The molecule has 0 saturated carbocycles. The molecule has 126 valence electrons. The molecule has 8 heteroatoms. The highest BCUT2D eigenvalue weighted by Gasteiger charge is 2.52. The molecular weight excluding hydrogens is 332 g/mol. The molecule has 3 rings (SSSR count). The highest BCUT2D eigenvalue weighted by Crippen LogP contribution is 2.47. The third-order valence-corrected chi connectivity index (χ3v) is 7.26. The SMILES string of the molecule is CCC(CC)c1nnc(NC(=O)C2CSC3(C)CCC(=O)N23)s1. The summed E-state index contributed by atoms with van der Waals surface area (Å²) in [5.41, 5.74) is 0. The number of fused-ring (bicyclic) bond motifs is 1. The summed E-state index contributed by atoms with van der Waals surface area (Å²) in [6.45, 7) is 6.30. The van der Waals surface area contributed by atoms with Gasteiger partial charge in [-0.15, -0.1) is 22.0 Å². The number of amides is 2. The maximum Gasteiger partial charge on any atom is 0.249 e. The van der Waals surface area contributed by atoms with Crippen LogP contribution in [0.5, 0.6) is 0 Å². The highest BCUT2D eigenvalue weighted by molar-refractivity contribution is 8.01. The maximum atomic E-state index is 12.6.